The van der Waals surface area contributed by atoms with Gasteiger partial charge in [-0.1, -0.05) is 31.5 Å². The molecule has 1 aliphatic carbocycles. The lowest BCUT2D eigenvalue weighted by atomic mass is 9.74. The molecular weight excluding hydrogens is 480 g/mol. The quantitative estimate of drug-likeness (QED) is 0.402. The average molecular weight is 509 g/mol. The van der Waals surface area contributed by atoms with E-state index in [-0.39, 0.29) is 29.4 Å². The van der Waals surface area contributed by atoms with Crippen LogP contribution < -0.4 is 20.1 Å². The summed E-state index contributed by atoms with van der Waals surface area (Å²) in [6.45, 7) is 5.48. The smallest absolute Gasteiger partial charge is 0.255 e. The third-order valence-corrected chi connectivity index (χ3v) is 7.92. The van der Waals surface area contributed by atoms with Crippen molar-refractivity contribution in [1.29, 1.82) is 0 Å². The lowest BCUT2D eigenvalue weighted by molar-refractivity contribution is -0.180. The van der Waals surface area contributed by atoms with E-state index in [1.54, 1.807) is 25.6 Å². The van der Waals surface area contributed by atoms with E-state index in [0.717, 1.165) is 36.4 Å². The molecule has 4 heterocycles. The fourth-order valence-corrected chi connectivity index (χ4v) is 5.50. The number of hydrogen-bond acceptors (Lipinski definition) is 6. The van der Waals surface area contributed by atoms with E-state index in [4.69, 9.17) is 25.8 Å². The maximum Gasteiger partial charge on any atom is 0.255 e. The summed E-state index contributed by atoms with van der Waals surface area (Å²) < 4.78 is 17.5. The number of nitrogens with one attached hydrogen (secondary N) is 3. The minimum Gasteiger partial charge on any atom is -0.493 e. The number of methoxy groups -OCH3 is 1. The van der Waals surface area contributed by atoms with Crippen LogP contribution in [0.3, 0.4) is 0 Å². The predicted molar refractivity (Wildman–Crippen MR) is 138 cm³/mol. The van der Waals surface area contributed by atoms with Crippen LogP contribution in [0.25, 0.3) is 11.3 Å². The Bertz CT molecular complexity index is 1340. The first-order valence-corrected chi connectivity index (χ1v) is 12.6. The molecule has 188 valence electrons. The molecule has 3 atom stereocenters. The second kappa shape index (κ2) is 8.71. The molecule has 1 saturated carbocycles. The number of hydrogen-bond donors (Lipinski definition) is 3. The summed E-state index contributed by atoms with van der Waals surface area (Å²) in [6, 6.07) is 7.55. The monoisotopic (exact) mass is 508 g/mol. The van der Waals surface area contributed by atoms with E-state index in [9.17, 15) is 4.79 Å². The molecule has 6 rings (SSSR count). The number of aromatic amines is 1. The molecule has 3 N–H and O–H groups in total. The van der Waals surface area contributed by atoms with Crippen LogP contribution in [-0.2, 0) is 4.74 Å². The number of halogens is 1. The maximum absolute atomic E-state index is 13.3. The average Bonchev–Trinajstić information content (AvgIpc) is 3.19. The van der Waals surface area contributed by atoms with Crippen molar-refractivity contribution < 1.29 is 19.0 Å². The Morgan fingerprint density at radius 2 is 2.14 bits per heavy atom. The zero-order valence-corrected chi connectivity index (χ0v) is 21.2. The molecule has 2 aliphatic heterocycles. The summed E-state index contributed by atoms with van der Waals surface area (Å²) in [5, 5.41) is 7.10. The molecule has 9 heteroatoms. The Kier molecular flexibility index (Phi) is 5.61. The molecule has 2 fully saturated rings. The number of aromatic nitrogens is 2. The molecule has 36 heavy (non-hydrogen) atoms. The number of benzene rings is 1. The number of pyridine rings is 1. The van der Waals surface area contributed by atoms with Gasteiger partial charge in [0.2, 0.25) is 0 Å². The second-order valence-electron chi connectivity index (χ2n) is 10.3. The van der Waals surface area contributed by atoms with E-state index in [1.165, 1.54) is 0 Å². The van der Waals surface area contributed by atoms with Gasteiger partial charge in [0.25, 0.3) is 5.91 Å². The first-order valence-electron chi connectivity index (χ1n) is 12.2. The van der Waals surface area contributed by atoms with Gasteiger partial charge in [-0.15, -0.1) is 0 Å². The van der Waals surface area contributed by atoms with Crippen molar-refractivity contribution in [3.63, 3.8) is 0 Å². The van der Waals surface area contributed by atoms with Crippen molar-refractivity contribution in [2.45, 2.75) is 44.8 Å². The number of H-pyrrole nitrogens is 1. The molecule has 1 amide bonds. The van der Waals surface area contributed by atoms with Gasteiger partial charge in [0.15, 0.2) is 5.75 Å². The highest BCUT2D eigenvalue weighted by Gasteiger charge is 2.44. The first kappa shape index (κ1) is 23.2. The number of anilines is 2. The predicted octanol–water partition coefficient (Wildman–Crippen LogP) is 5.28. The Morgan fingerprint density at radius 1 is 1.28 bits per heavy atom. The molecule has 3 aromatic rings. The molecule has 3 aliphatic rings. The van der Waals surface area contributed by atoms with Crippen molar-refractivity contribution in [2.24, 2.45) is 5.41 Å². The standard InChI is InChI=1S/C27H29ClN4O4/c1-27(2)13-36-20(27)12-35-19-11-29-10-9-15(19)23-24(30-18-6-4-5-16(28)25(18)34-3)21-22(32-23)14-7-8-17(14)31-26(21)33/h4-6,9-11,14,17,20,30,32H,7-8,12-13H2,1-3H3,(H,31,33). The van der Waals surface area contributed by atoms with Gasteiger partial charge in [-0.05, 0) is 31.0 Å². The summed E-state index contributed by atoms with van der Waals surface area (Å²) in [6.07, 6.45) is 5.44. The lowest BCUT2D eigenvalue weighted by Crippen LogP contribution is -2.50. The highest BCUT2D eigenvalue weighted by Crippen LogP contribution is 2.49. The van der Waals surface area contributed by atoms with E-state index >= 15 is 0 Å². The third-order valence-electron chi connectivity index (χ3n) is 7.62. The number of rotatable bonds is 7. The molecule has 0 spiro atoms. The highest BCUT2D eigenvalue weighted by atomic mass is 35.5. The SMILES string of the molecule is COc1c(Cl)cccc1Nc1c(-c2ccncc2OCC2OCC2(C)C)[nH]c2c1C(=O)NC1CCC21. The van der Waals surface area contributed by atoms with E-state index < -0.39 is 0 Å². The van der Waals surface area contributed by atoms with Gasteiger partial charge in [0.05, 0.1) is 53.7 Å². The zero-order valence-electron chi connectivity index (χ0n) is 20.5. The molecule has 1 saturated heterocycles. The molecule has 8 nitrogen and oxygen atoms in total. The summed E-state index contributed by atoms with van der Waals surface area (Å²) in [4.78, 5) is 21.2. The van der Waals surface area contributed by atoms with Crippen LogP contribution in [0, 0.1) is 5.41 Å². The zero-order chi connectivity index (χ0) is 25.0. The maximum atomic E-state index is 13.3. The van der Waals surface area contributed by atoms with Crippen molar-refractivity contribution in [2.75, 3.05) is 25.6 Å². The Morgan fingerprint density at radius 3 is 2.83 bits per heavy atom. The van der Waals surface area contributed by atoms with Gasteiger partial charge in [-0.2, -0.15) is 0 Å². The van der Waals surface area contributed by atoms with E-state index in [2.05, 4.69) is 34.4 Å². The second-order valence-corrected chi connectivity index (χ2v) is 10.8. The Balaban J connectivity index is 1.44. The molecule has 2 aromatic heterocycles. The van der Waals surface area contributed by atoms with E-state index in [0.29, 0.717) is 40.1 Å². The minimum atomic E-state index is -0.0990. The Labute approximate surface area is 214 Å². The molecule has 0 radical (unpaired) electrons. The van der Waals surface area contributed by atoms with Gasteiger partial charge < -0.3 is 29.8 Å². The normalized spacial score (nSPS) is 23.4. The highest BCUT2D eigenvalue weighted by molar-refractivity contribution is 6.32. The summed E-state index contributed by atoms with van der Waals surface area (Å²) in [7, 11) is 1.57. The number of nitrogens with zero attached hydrogens (tertiary/aromatic N) is 1. The van der Waals surface area contributed by atoms with Gasteiger partial charge in [0.1, 0.15) is 12.4 Å². The van der Waals surface area contributed by atoms with Crippen LogP contribution in [0.15, 0.2) is 36.7 Å². The van der Waals surface area contributed by atoms with E-state index in [1.807, 2.05) is 18.2 Å². The minimum absolute atomic E-state index is 0.0113. The fraction of sp³-hybridized carbons (Fsp3) is 0.407. The fourth-order valence-electron chi connectivity index (χ4n) is 5.24. The van der Waals surface area contributed by atoms with Crippen LogP contribution in [0.1, 0.15) is 48.7 Å². The first-order chi connectivity index (χ1) is 17.4. The number of fused-ring (bicyclic) bond motifs is 3. The van der Waals surface area contributed by atoms with Crippen molar-refractivity contribution in [1.82, 2.24) is 15.3 Å². The van der Waals surface area contributed by atoms with Crippen molar-refractivity contribution in [3.8, 4) is 22.8 Å². The summed E-state index contributed by atoms with van der Waals surface area (Å²) in [5.74, 6) is 1.28. The van der Waals surface area contributed by atoms with Crippen LogP contribution in [-0.4, -0.2) is 48.3 Å². The molecule has 3 unspecified atom stereocenters. The summed E-state index contributed by atoms with van der Waals surface area (Å²) >= 11 is 6.40. The van der Waals surface area contributed by atoms with Crippen LogP contribution >= 0.6 is 11.6 Å². The number of carbonyl (C=O) groups is 1. The van der Waals surface area contributed by atoms with Crippen LogP contribution in [0.5, 0.6) is 11.5 Å². The van der Waals surface area contributed by atoms with Crippen molar-refractivity contribution in [3.05, 3.63) is 52.9 Å². The van der Waals surface area contributed by atoms with Gasteiger partial charge >= 0.3 is 0 Å². The third kappa shape index (κ3) is 3.71. The van der Waals surface area contributed by atoms with Gasteiger partial charge in [-0.3, -0.25) is 9.78 Å². The van der Waals surface area contributed by atoms with Crippen molar-refractivity contribution >= 4 is 28.9 Å². The summed E-state index contributed by atoms with van der Waals surface area (Å²) in [5.41, 5.74) is 4.52. The number of para-hydroxylation sites is 1. The molecule has 1 aromatic carbocycles. The number of ether oxygens (including phenoxy) is 3. The number of amides is 1. The van der Waals surface area contributed by atoms with Gasteiger partial charge in [0, 0.05) is 34.8 Å². The number of carbonyl (C=O) groups excluding carboxylic acids is 1. The van der Waals surface area contributed by atoms with Crippen LogP contribution in [0.2, 0.25) is 5.02 Å². The molecule has 0 bridgehead atoms. The molecular formula is C27H29ClN4O4. The van der Waals surface area contributed by atoms with Gasteiger partial charge in [-0.25, -0.2) is 0 Å². The Hall–Kier alpha value is -3.23. The van der Waals surface area contributed by atoms with Crippen LogP contribution in [0.4, 0.5) is 11.4 Å². The lowest BCUT2D eigenvalue weighted by Gasteiger charge is -2.43. The topological polar surface area (TPSA) is 97.5 Å². The largest absolute Gasteiger partial charge is 0.493 e.